The molecule has 7 heteroatoms. The van der Waals surface area contributed by atoms with Crippen LogP contribution in [0.15, 0.2) is 18.2 Å². The van der Waals surface area contributed by atoms with E-state index < -0.39 is 15.5 Å². The molecule has 1 aromatic carbocycles. The van der Waals surface area contributed by atoms with Gasteiger partial charge < -0.3 is 0 Å². The average Bonchev–Trinajstić information content (AvgIpc) is 2.26. The van der Waals surface area contributed by atoms with Crippen LogP contribution < -0.4 is 0 Å². The van der Waals surface area contributed by atoms with Crippen molar-refractivity contribution in [3.8, 4) is 0 Å². The lowest BCUT2D eigenvalue weighted by Gasteiger charge is -2.28. The highest BCUT2D eigenvalue weighted by atomic mass is 32.2. The molecule has 0 spiro atoms. The summed E-state index contributed by atoms with van der Waals surface area (Å²) < 4.78 is 60.3. The fourth-order valence-electron chi connectivity index (χ4n) is 2.01. The number of benzene rings is 1. The van der Waals surface area contributed by atoms with Gasteiger partial charge in [0.2, 0.25) is 0 Å². The quantitative estimate of drug-likeness (QED) is 0.790. The molecule has 0 bridgehead atoms. The van der Waals surface area contributed by atoms with Gasteiger partial charge in [-0.15, -0.1) is 0 Å². The van der Waals surface area contributed by atoms with E-state index in [0.717, 1.165) is 11.1 Å². The SMILES string of the molecule is Cc1ccc2c(c1)CCN(S(=O)(=O)C(F)(F)F)C2. The highest BCUT2D eigenvalue weighted by Crippen LogP contribution is 2.31. The molecule has 3 nitrogen and oxygen atoms in total. The van der Waals surface area contributed by atoms with Crippen LogP contribution in [0.5, 0.6) is 0 Å². The van der Waals surface area contributed by atoms with Crippen molar-refractivity contribution in [1.82, 2.24) is 4.31 Å². The molecular weight excluding hydrogens is 267 g/mol. The monoisotopic (exact) mass is 279 g/mol. The van der Waals surface area contributed by atoms with Crippen molar-refractivity contribution >= 4 is 10.0 Å². The van der Waals surface area contributed by atoms with E-state index in [1.54, 1.807) is 12.1 Å². The van der Waals surface area contributed by atoms with Gasteiger partial charge in [-0.25, -0.2) is 8.42 Å². The van der Waals surface area contributed by atoms with E-state index in [1.165, 1.54) is 0 Å². The maximum absolute atomic E-state index is 12.4. The zero-order valence-electron chi connectivity index (χ0n) is 9.66. The molecule has 0 N–H and O–H groups in total. The predicted octanol–water partition coefficient (Wildman–Crippen LogP) is 2.20. The molecule has 0 amide bonds. The Morgan fingerprint density at radius 1 is 1.22 bits per heavy atom. The number of hydrogen-bond acceptors (Lipinski definition) is 2. The number of aryl methyl sites for hydroxylation is 1. The van der Waals surface area contributed by atoms with Gasteiger partial charge in [0.25, 0.3) is 0 Å². The summed E-state index contributed by atoms with van der Waals surface area (Å²) >= 11 is 0. The summed E-state index contributed by atoms with van der Waals surface area (Å²) in [7, 11) is -5.22. The summed E-state index contributed by atoms with van der Waals surface area (Å²) in [4.78, 5) is 0. The maximum Gasteiger partial charge on any atom is 0.511 e. The molecule has 2 rings (SSSR count). The number of rotatable bonds is 1. The van der Waals surface area contributed by atoms with Gasteiger partial charge in [0.05, 0.1) is 0 Å². The second-order valence-corrected chi connectivity index (χ2v) is 6.24. The first kappa shape index (κ1) is 13.4. The van der Waals surface area contributed by atoms with Gasteiger partial charge in [-0.2, -0.15) is 17.5 Å². The molecule has 0 saturated carbocycles. The van der Waals surface area contributed by atoms with Crippen LogP contribution in [0.3, 0.4) is 0 Å². The number of nitrogens with zero attached hydrogens (tertiary/aromatic N) is 1. The minimum Gasteiger partial charge on any atom is -0.203 e. The van der Waals surface area contributed by atoms with E-state index in [2.05, 4.69) is 0 Å². The van der Waals surface area contributed by atoms with E-state index in [4.69, 9.17) is 0 Å². The van der Waals surface area contributed by atoms with Crippen LogP contribution in [0.2, 0.25) is 0 Å². The first-order chi connectivity index (χ1) is 8.22. The number of fused-ring (bicyclic) bond motifs is 1. The third kappa shape index (κ3) is 2.24. The number of alkyl halides is 3. The summed E-state index contributed by atoms with van der Waals surface area (Å²) in [6.07, 6.45) is 0.312. The van der Waals surface area contributed by atoms with E-state index in [9.17, 15) is 21.6 Å². The van der Waals surface area contributed by atoms with E-state index in [0.29, 0.717) is 16.3 Å². The van der Waals surface area contributed by atoms with Crippen molar-refractivity contribution in [2.24, 2.45) is 0 Å². The Labute approximate surface area is 103 Å². The van der Waals surface area contributed by atoms with Crippen molar-refractivity contribution in [2.45, 2.75) is 25.4 Å². The Balaban J connectivity index is 2.31. The minimum atomic E-state index is -5.23. The molecule has 0 aromatic heterocycles. The molecule has 100 valence electrons. The highest BCUT2D eigenvalue weighted by molar-refractivity contribution is 7.89. The normalized spacial score (nSPS) is 17.6. The van der Waals surface area contributed by atoms with E-state index in [1.807, 2.05) is 13.0 Å². The van der Waals surface area contributed by atoms with Crippen LogP contribution in [0.4, 0.5) is 13.2 Å². The van der Waals surface area contributed by atoms with Crippen LogP contribution >= 0.6 is 0 Å². The molecule has 0 saturated heterocycles. The molecular formula is C11H12F3NO2S. The van der Waals surface area contributed by atoms with Gasteiger partial charge in [0, 0.05) is 13.1 Å². The standard InChI is InChI=1S/C11H12F3NO2S/c1-8-2-3-10-7-15(5-4-9(10)6-8)18(16,17)11(12,13)14/h2-3,6H,4-5,7H2,1H3. The average molecular weight is 279 g/mol. The Bertz CT molecular complexity index is 566. The second kappa shape index (κ2) is 4.24. The molecule has 0 aliphatic carbocycles. The molecule has 1 aromatic rings. The first-order valence-corrected chi connectivity index (χ1v) is 6.80. The number of sulfonamides is 1. The first-order valence-electron chi connectivity index (χ1n) is 5.36. The minimum absolute atomic E-state index is 0.127. The lowest BCUT2D eigenvalue weighted by molar-refractivity contribution is -0.0492. The lowest BCUT2D eigenvalue weighted by Crippen LogP contribution is -2.43. The molecule has 0 radical (unpaired) electrons. The van der Waals surface area contributed by atoms with Crippen LogP contribution in [0.25, 0.3) is 0 Å². The fraction of sp³-hybridized carbons (Fsp3) is 0.455. The van der Waals surface area contributed by atoms with Gasteiger partial charge in [-0.3, -0.25) is 0 Å². The summed E-state index contributed by atoms with van der Waals surface area (Å²) in [6, 6.07) is 5.33. The largest absolute Gasteiger partial charge is 0.511 e. The molecule has 0 unspecified atom stereocenters. The Kier molecular flexibility index (Phi) is 3.14. The smallest absolute Gasteiger partial charge is 0.203 e. The Hall–Kier alpha value is -1.08. The van der Waals surface area contributed by atoms with Crippen LogP contribution in [-0.4, -0.2) is 24.8 Å². The van der Waals surface area contributed by atoms with E-state index >= 15 is 0 Å². The third-order valence-electron chi connectivity index (χ3n) is 2.97. The van der Waals surface area contributed by atoms with Crippen molar-refractivity contribution < 1.29 is 21.6 Å². The summed E-state index contributed by atoms with van der Waals surface area (Å²) in [6.45, 7) is 1.55. The lowest BCUT2D eigenvalue weighted by atomic mass is 9.99. The van der Waals surface area contributed by atoms with Crippen LogP contribution in [-0.2, 0) is 23.0 Å². The summed E-state index contributed by atoms with van der Waals surface area (Å²) in [5.41, 5.74) is -2.65. The van der Waals surface area contributed by atoms with Gasteiger partial charge in [0.15, 0.2) is 0 Å². The molecule has 0 fully saturated rings. The molecule has 0 atom stereocenters. The second-order valence-electron chi connectivity index (χ2n) is 4.31. The molecule has 1 aliphatic rings. The van der Waals surface area contributed by atoms with Crippen molar-refractivity contribution in [1.29, 1.82) is 0 Å². The zero-order valence-corrected chi connectivity index (χ0v) is 10.5. The van der Waals surface area contributed by atoms with Crippen LogP contribution in [0.1, 0.15) is 16.7 Å². The predicted molar refractivity (Wildman–Crippen MR) is 60.3 cm³/mol. The Morgan fingerprint density at radius 2 is 1.89 bits per heavy atom. The van der Waals surface area contributed by atoms with Gasteiger partial charge >= 0.3 is 15.5 Å². The Morgan fingerprint density at radius 3 is 2.50 bits per heavy atom. The van der Waals surface area contributed by atoms with Crippen molar-refractivity contribution in [3.63, 3.8) is 0 Å². The van der Waals surface area contributed by atoms with Gasteiger partial charge in [0.1, 0.15) is 0 Å². The molecule has 1 heterocycles. The van der Waals surface area contributed by atoms with Gasteiger partial charge in [-0.05, 0) is 24.5 Å². The highest BCUT2D eigenvalue weighted by Gasteiger charge is 2.50. The third-order valence-corrected chi connectivity index (χ3v) is 4.55. The molecule has 18 heavy (non-hydrogen) atoms. The number of halogens is 3. The summed E-state index contributed by atoms with van der Waals surface area (Å²) in [5, 5.41) is 0. The zero-order chi connectivity index (χ0) is 13.6. The maximum atomic E-state index is 12.4. The van der Waals surface area contributed by atoms with Gasteiger partial charge in [-0.1, -0.05) is 23.8 Å². The van der Waals surface area contributed by atoms with Crippen molar-refractivity contribution in [2.75, 3.05) is 6.54 Å². The van der Waals surface area contributed by atoms with E-state index in [-0.39, 0.29) is 13.1 Å². The van der Waals surface area contributed by atoms with Crippen molar-refractivity contribution in [3.05, 3.63) is 34.9 Å². The number of hydrogen-bond donors (Lipinski definition) is 0. The molecule has 1 aliphatic heterocycles. The topological polar surface area (TPSA) is 37.4 Å². The summed E-state index contributed by atoms with van der Waals surface area (Å²) in [5.74, 6) is 0. The fourth-order valence-corrected chi connectivity index (χ4v) is 2.94. The van der Waals surface area contributed by atoms with Crippen LogP contribution in [0, 0.1) is 6.92 Å².